The van der Waals surface area contributed by atoms with Gasteiger partial charge in [0.25, 0.3) is 0 Å². The Hall–Kier alpha value is -0.310. The maximum absolute atomic E-state index is 13.4. The molecule has 1 aromatic carbocycles. The molecular weight excluding hydrogens is 272 g/mol. The topological polar surface area (TPSA) is 12.0 Å². The summed E-state index contributed by atoms with van der Waals surface area (Å²) in [5.74, 6) is 0.342. The van der Waals surface area contributed by atoms with Crippen molar-refractivity contribution in [2.24, 2.45) is 5.92 Å². The van der Waals surface area contributed by atoms with Crippen LogP contribution in [0.2, 0.25) is 10.0 Å². The van der Waals surface area contributed by atoms with E-state index in [9.17, 15) is 4.39 Å². The molecule has 100 valence electrons. The van der Waals surface area contributed by atoms with Crippen LogP contribution in [0.25, 0.3) is 0 Å². The summed E-state index contributed by atoms with van der Waals surface area (Å²) in [6.07, 6.45) is 5.25. The van der Waals surface area contributed by atoms with E-state index in [0.29, 0.717) is 5.02 Å². The third-order valence-electron chi connectivity index (χ3n) is 3.69. The molecule has 18 heavy (non-hydrogen) atoms. The van der Waals surface area contributed by atoms with Crippen LogP contribution in [0.1, 0.15) is 44.2 Å². The molecule has 0 heterocycles. The molecule has 1 aromatic rings. The van der Waals surface area contributed by atoms with Gasteiger partial charge in [-0.3, -0.25) is 0 Å². The summed E-state index contributed by atoms with van der Waals surface area (Å²) < 4.78 is 13.4. The van der Waals surface area contributed by atoms with Gasteiger partial charge in [-0.25, -0.2) is 4.39 Å². The monoisotopic (exact) mass is 289 g/mol. The summed E-state index contributed by atoms with van der Waals surface area (Å²) in [5.41, 5.74) is 0.775. The average Bonchev–Trinajstić information content (AvgIpc) is 2.84. The first-order valence-electron chi connectivity index (χ1n) is 6.45. The van der Waals surface area contributed by atoms with Gasteiger partial charge in [0.15, 0.2) is 0 Å². The molecule has 2 rings (SSSR count). The zero-order valence-electron chi connectivity index (χ0n) is 10.5. The minimum Gasteiger partial charge on any atom is -0.310 e. The van der Waals surface area contributed by atoms with Crippen LogP contribution in [0.15, 0.2) is 12.1 Å². The second kappa shape index (κ2) is 6.23. The van der Waals surface area contributed by atoms with Gasteiger partial charge >= 0.3 is 0 Å². The maximum Gasteiger partial charge on any atom is 0.142 e. The number of hydrogen-bond acceptors (Lipinski definition) is 1. The van der Waals surface area contributed by atoms with E-state index >= 15 is 0 Å². The number of hydrogen-bond donors (Lipinski definition) is 1. The molecule has 0 aliphatic heterocycles. The Morgan fingerprint density at radius 1 is 1.28 bits per heavy atom. The van der Waals surface area contributed by atoms with E-state index in [0.717, 1.165) is 18.0 Å². The number of halogens is 3. The highest BCUT2D eigenvalue weighted by Gasteiger charge is 2.17. The molecule has 0 saturated heterocycles. The fraction of sp³-hybridized carbons (Fsp3) is 0.571. The molecule has 1 N–H and O–H groups in total. The van der Waals surface area contributed by atoms with Crippen molar-refractivity contribution in [2.75, 3.05) is 6.54 Å². The van der Waals surface area contributed by atoms with Gasteiger partial charge < -0.3 is 5.32 Å². The Morgan fingerprint density at radius 2 is 1.94 bits per heavy atom. The van der Waals surface area contributed by atoms with Crippen molar-refractivity contribution in [1.82, 2.24) is 5.32 Å². The van der Waals surface area contributed by atoms with Crippen LogP contribution >= 0.6 is 23.2 Å². The molecule has 1 saturated carbocycles. The van der Waals surface area contributed by atoms with Gasteiger partial charge in [0, 0.05) is 11.1 Å². The van der Waals surface area contributed by atoms with E-state index in [-0.39, 0.29) is 11.1 Å². The molecule has 4 heteroatoms. The Kier molecular flexibility index (Phi) is 4.88. The van der Waals surface area contributed by atoms with Gasteiger partial charge in [0.2, 0.25) is 0 Å². The average molecular weight is 290 g/mol. The summed E-state index contributed by atoms with van der Waals surface area (Å²) in [5, 5.41) is 4.03. The Morgan fingerprint density at radius 3 is 2.61 bits per heavy atom. The van der Waals surface area contributed by atoms with Crippen LogP contribution in [-0.2, 0) is 0 Å². The number of rotatable bonds is 4. The highest BCUT2D eigenvalue weighted by Crippen LogP contribution is 2.29. The van der Waals surface area contributed by atoms with Crippen LogP contribution in [0.4, 0.5) is 4.39 Å². The number of benzene rings is 1. The van der Waals surface area contributed by atoms with Gasteiger partial charge in [-0.2, -0.15) is 0 Å². The molecule has 1 unspecified atom stereocenters. The standard InChI is InChI=1S/C14H18Cl2FN/c1-9(18-8-10-4-2-3-5-10)11-6-14(17)13(16)7-12(11)15/h6-7,9-10,18H,2-5,8H2,1H3. The maximum atomic E-state index is 13.4. The quantitative estimate of drug-likeness (QED) is 0.772. The smallest absolute Gasteiger partial charge is 0.142 e. The lowest BCUT2D eigenvalue weighted by atomic mass is 10.1. The molecule has 1 atom stereocenters. The minimum absolute atomic E-state index is 0.0462. The lowest BCUT2D eigenvalue weighted by molar-refractivity contribution is 0.451. The summed E-state index contributed by atoms with van der Waals surface area (Å²) in [6.45, 7) is 2.98. The summed E-state index contributed by atoms with van der Waals surface area (Å²) in [6, 6.07) is 2.95. The highest BCUT2D eigenvalue weighted by atomic mass is 35.5. The van der Waals surface area contributed by atoms with E-state index in [1.165, 1.54) is 37.8 Å². The van der Waals surface area contributed by atoms with E-state index in [1.807, 2.05) is 6.92 Å². The lowest BCUT2D eigenvalue weighted by Crippen LogP contribution is -2.24. The van der Waals surface area contributed by atoms with E-state index in [4.69, 9.17) is 23.2 Å². The third-order valence-corrected chi connectivity index (χ3v) is 4.31. The van der Waals surface area contributed by atoms with Crippen molar-refractivity contribution >= 4 is 23.2 Å². The van der Waals surface area contributed by atoms with E-state index in [1.54, 1.807) is 0 Å². The van der Waals surface area contributed by atoms with Crippen molar-refractivity contribution < 1.29 is 4.39 Å². The predicted octanol–water partition coefficient (Wildman–Crippen LogP) is 4.97. The van der Waals surface area contributed by atoms with Crippen molar-refractivity contribution in [3.05, 3.63) is 33.6 Å². The summed E-state index contributed by atoms with van der Waals surface area (Å²) in [4.78, 5) is 0. The molecule has 1 aliphatic rings. The summed E-state index contributed by atoms with van der Waals surface area (Å²) in [7, 11) is 0. The fourth-order valence-corrected chi connectivity index (χ4v) is 3.08. The first-order valence-corrected chi connectivity index (χ1v) is 7.21. The van der Waals surface area contributed by atoms with Crippen LogP contribution < -0.4 is 5.32 Å². The fourth-order valence-electron chi connectivity index (χ4n) is 2.54. The van der Waals surface area contributed by atoms with E-state index in [2.05, 4.69) is 5.32 Å². The van der Waals surface area contributed by atoms with E-state index < -0.39 is 5.82 Å². The third kappa shape index (κ3) is 3.37. The largest absolute Gasteiger partial charge is 0.310 e. The second-order valence-electron chi connectivity index (χ2n) is 5.07. The highest BCUT2D eigenvalue weighted by molar-refractivity contribution is 6.35. The lowest BCUT2D eigenvalue weighted by Gasteiger charge is -2.18. The molecule has 1 fully saturated rings. The van der Waals surface area contributed by atoms with Gasteiger partial charge in [-0.05, 0) is 49.9 Å². The molecule has 0 radical (unpaired) electrons. The number of nitrogens with one attached hydrogen (secondary N) is 1. The Labute approximate surface area is 118 Å². The SMILES string of the molecule is CC(NCC1CCCC1)c1cc(F)c(Cl)cc1Cl. The summed E-state index contributed by atoms with van der Waals surface area (Å²) >= 11 is 11.8. The first-order chi connectivity index (χ1) is 8.58. The molecule has 1 aliphatic carbocycles. The molecule has 0 amide bonds. The van der Waals surface area contributed by atoms with Gasteiger partial charge in [-0.15, -0.1) is 0 Å². The van der Waals surface area contributed by atoms with Crippen LogP contribution in [0.3, 0.4) is 0 Å². The zero-order chi connectivity index (χ0) is 13.1. The molecular formula is C14H18Cl2FN. The zero-order valence-corrected chi connectivity index (χ0v) is 12.0. The van der Waals surface area contributed by atoms with Crippen molar-refractivity contribution in [3.8, 4) is 0 Å². The minimum atomic E-state index is -0.411. The van der Waals surface area contributed by atoms with Crippen LogP contribution in [0.5, 0.6) is 0 Å². The van der Waals surface area contributed by atoms with Crippen molar-refractivity contribution in [2.45, 2.75) is 38.6 Å². The predicted molar refractivity (Wildman–Crippen MR) is 74.8 cm³/mol. The molecule has 0 aromatic heterocycles. The van der Waals surface area contributed by atoms with Gasteiger partial charge in [-0.1, -0.05) is 36.0 Å². The van der Waals surface area contributed by atoms with Crippen LogP contribution in [-0.4, -0.2) is 6.54 Å². The molecule has 0 spiro atoms. The van der Waals surface area contributed by atoms with Gasteiger partial charge in [0.05, 0.1) is 5.02 Å². The second-order valence-corrected chi connectivity index (χ2v) is 5.88. The van der Waals surface area contributed by atoms with Crippen LogP contribution in [0, 0.1) is 11.7 Å². The molecule has 1 nitrogen and oxygen atoms in total. The molecule has 0 bridgehead atoms. The normalized spacial score (nSPS) is 18.2. The Balaban J connectivity index is 1.99. The van der Waals surface area contributed by atoms with Crippen molar-refractivity contribution in [3.63, 3.8) is 0 Å². The first kappa shape index (κ1) is 14.1. The Bertz CT molecular complexity index is 417. The van der Waals surface area contributed by atoms with Gasteiger partial charge in [0.1, 0.15) is 5.82 Å². The van der Waals surface area contributed by atoms with Crippen molar-refractivity contribution in [1.29, 1.82) is 0 Å².